The van der Waals surface area contributed by atoms with E-state index in [1.807, 2.05) is 29.5 Å². The zero-order valence-electron chi connectivity index (χ0n) is 10.4. The van der Waals surface area contributed by atoms with Crippen LogP contribution in [0.2, 0.25) is 0 Å². The lowest BCUT2D eigenvalue weighted by molar-refractivity contribution is 0.415. The standard InChI is InChI=1S/C15H17NOS/c1-17-13-6-3-2-5-12(13)16-15(11-8-9-11)14-7-4-10-18-14/h2-7,10-11,15-16H,8-9H2,1H3. The van der Waals surface area contributed by atoms with Gasteiger partial charge in [0.2, 0.25) is 0 Å². The summed E-state index contributed by atoms with van der Waals surface area (Å²) in [5, 5.41) is 5.80. The molecule has 0 aliphatic heterocycles. The minimum atomic E-state index is 0.432. The second-order valence-electron chi connectivity index (χ2n) is 4.68. The summed E-state index contributed by atoms with van der Waals surface area (Å²) in [5.74, 6) is 1.69. The molecule has 18 heavy (non-hydrogen) atoms. The van der Waals surface area contributed by atoms with Crippen molar-refractivity contribution in [3.63, 3.8) is 0 Å². The molecule has 1 heterocycles. The molecule has 1 saturated carbocycles. The van der Waals surface area contributed by atoms with Gasteiger partial charge in [0.15, 0.2) is 0 Å². The van der Waals surface area contributed by atoms with Gasteiger partial charge >= 0.3 is 0 Å². The monoisotopic (exact) mass is 259 g/mol. The number of anilines is 1. The second kappa shape index (κ2) is 5.02. The Morgan fingerprint density at radius 1 is 1.22 bits per heavy atom. The van der Waals surface area contributed by atoms with Crippen LogP contribution in [0.5, 0.6) is 5.75 Å². The summed E-state index contributed by atoms with van der Waals surface area (Å²) < 4.78 is 5.40. The zero-order valence-corrected chi connectivity index (χ0v) is 11.2. The van der Waals surface area contributed by atoms with Crippen LogP contribution in [0.3, 0.4) is 0 Å². The Labute approximate surface area is 112 Å². The van der Waals surface area contributed by atoms with E-state index < -0.39 is 0 Å². The zero-order chi connectivity index (χ0) is 12.4. The molecule has 0 saturated heterocycles. The summed E-state index contributed by atoms with van der Waals surface area (Å²) in [4.78, 5) is 1.42. The fourth-order valence-corrected chi connectivity index (χ4v) is 3.12. The molecular formula is C15H17NOS. The Morgan fingerprint density at radius 2 is 2.06 bits per heavy atom. The van der Waals surface area contributed by atoms with Crippen LogP contribution in [0.25, 0.3) is 0 Å². The molecule has 0 bridgehead atoms. The molecular weight excluding hydrogens is 242 g/mol. The third kappa shape index (κ3) is 2.36. The molecule has 3 heteroatoms. The molecule has 1 aliphatic carbocycles. The predicted octanol–water partition coefficient (Wildman–Crippen LogP) is 4.32. The average Bonchev–Trinajstić information content (AvgIpc) is 3.11. The number of hydrogen-bond donors (Lipinski definition) is 1. The molecule has 0 spiro atoms. The molecule has 2 aromatic rings. The third-order valence-corrected chi connectivity index (χ3v) is 4.32. The van der Waals surface area contributed by atoms with Gasteiger partial charge < -0.3 is 10.1 Å². The van der Waals surface area contributed by atoms with Crippen molar-refractivity contribution in [1.82, 2.24) is 0 Å². The topological polar surface area (TPSA) is 21.3 Å². The van der Waals surface area contributed by atoms with Gasteiger partial charge in [-0.25, -0.2) is 0 Å². The van der Waals surface area contributed by atoms with Crippen LogP contribution in [-0.2, 0) is 0 Å². The maximum absolute atomic E-state index is 5.40. The molecule has 3 rings (SSSR count). The van der Waals surface area contributed by atoms with E-state index in [0.717, 1.165) is 17.4 Å². The summed E-state index contributed by atoms with van der Waals surface area (Å²) in [6, 6.07) is 12.9. The minimum Gasteiger partial charge on any atom is -0.495 e. The fraction of sp³-hybridized carbons (Fsp3) is 0.333. The molecule has 1 atom stereocenters. The molecule has 2 nitrogen and oxygen atoms in total. The van der Waals surface area contributed by atoms with Crippen LogP contribution in [0.4, 0.5) is 5.69 Å². The van der Waals surface area contributed by atoms with Crippen molar-refractivity contribution >= 4 is 17.0 Å². The van der Waals surface area contributed by atoms with Crippen molar-refractivity contribution in [2.45, 2.75) is 18.9 Å². The van der Waals surface area contributed by atoms with Gasteiger partial charge in [0, 0.05) is 4.88 Å². The van der Waals surface area contributed by atoms with Gasteiger partial charge in [-0.05, 0) is 42.3 Å². The van der Waals surface area contributed by atoms with E-state index in [1.54, 1.807) is 7.11 Å². The second-order valence-corrected chi connectivity index (χ2v) is 5.65. The Balaban J connectivity index is 1.84. The van der Waals surface area contributed by atoms with Crippen LogP contribution in [0.1, 0.15) is 23.8 Å². The lowest BCUT2D eigenvalue weighted by atomic mass is 10.1. The molecule has 0 amide bonds. The third-order valence-electron chi connectivity index (χ3n) is 3.36. The van der Waals surface area contributed by atoms with Crippen LogP contribution >= 0.6 is 11.3 Å². The number of thiophene rings is 1. The van der Waals surface area contributed by atoms with E-state index in [-0.39, 0.29) is 0 Å². The van der Waals surface area contributed by atoms with Crippen LogP contribution in [0, 0.1) is 5.92 Å². The Hall–Kier alpha value is -1.48. The van der Waals surface area contributed by atoms with Crippen LogP contribution in [0.15, 0.2) is 41.8 Å². The van der Waals surface area contributed by atoms with Crippen molar-refractivity contribution in [2.75, 3.05) is 12.4 Å². The van der Waals surface area contributed by atoms with E-state index in [4.69, 9.17) is 4.74 Å². The van der Waals surface area contributed by atoms with Gasteiger partial charge in [-0.1, -0.05) is 18.2 Å². The van der Waals surface area contributed by atoms with Crippen molar-refractivity contribution in [3.05, 3.63) is 46.7 Å². The molecule has 1 N–H and O–H groups in total. The number of benzene rings is 1. The van der Waals surface area contributed by atoms with Crippen molar-refractivity contribution < 1.29 is 4.74 Å². The number of para-hydroxylation sites is 2. The predicted molar refractivity (Wildman–Crippen MR) is 76.4 cm³/mol. The highest BCUT2D eigenvalue weighted by atomic mass is 32.1. The Bertz CT molecular complexity index is 505. The largest absolute Gasteiger partial charge is 0.495 e. The molecule has 1 aromatic heterocycles. The van der Waals surface area contributed by atoms with E-state index in [0.29, 0.717) is 6.04 Å². The SMILES string of the molecule is COc1ccccc1NC(c1cccs1)C1CC1. The summed E-state index contributed by atoms with van der Waals surface area (Å²) in [6.45, 7) is 0. The number of nitrogens with one attached hydrogen (secondary N) is 1. The quantitative estimate of drug-likeness (QED) is 0.863. The smallest absolute Gasteiger partial charge is 0.141 e. The molecule has 1 unspecified atom stereocenters. The molecule has 1 aliphatic rings. The minimum absolute atomic E-state index is 0.432. The summed E-state index contributed by atoms with van der Waals surface area (Å²) in [7, 11) is 1.72. The summed E-state index contributed by atoms with van der Waals surface area (Å²) >= 11 is 1.83. The van der Waals surface area contributed by atoms with Crippen molar-refractivity contribution in [3.8, 4) is 5.75 Å². The Morgan fingerprint density at radius 3 is 2.72 bits per heavy atom. The van der Waals surface area contributed by atoms with Crippen LogP contribution in [-0.4, -0.2) is 7.11 Å². The first-order valence-electron chi connectivity index (χ1n) is 6.31. The fourth-order valence-electron chi connectivity index (χ4n) is 2.25. The lowest BCUT2D eigenvalue weighted by Gasteiger charge is -2.20. The first-order chi connectivity index (χ1) is 8.88. The van der Waals surface area contributed by atoms with E-state index in [9.17, 15) is 0 Å². The summed E-state index contributed by atoms with van der Waals surface area (Å²) in [5.41, 5.74) is 1.09. The highest BCUT2D eigenvalue weighted by molar-refractivity contribution is 7.10. The number of ether oxygens (including phenoxy) is 1. The number of hydrogen-bond acceptors (Lipinski definition) is 3. The molecule has 94 valence electrons. The first-order valence-corrected chi connectivity index (χ1v) is 7.19. The highest BCUT2D eigenvalue weighted by Crippen LogP contribution is 2.45. The van der Waals surface area contributed by atoms with E-state index in [1.165, 1.54) is 17.7 Å². The number of methoxy groups -OCH3 is 1. The summed E-state index contributed by atoms with van der Waals surface area (Å²) in [6.07, 6.45) is 2.65. The number of rotatable bonds is 5. The highest BCUT2D eigenvalue weighted by Gasteiger charge is 2.33. The average molecular weight is 259 g/mol. The van der Waals surface area contributed by atoms with Gasteiger partial charge in [0.05, 0.1) is 18.8 Å². The maximum Gasteiger partial charge on any atom is 0.141 e. The molecule has 1 fully saturated rings. The van der Waals surface area contributed by atoms with E-state index >= 15 is 0 Å². The van der Waals surface area contributed by atoms with Crippen molar-refractivity contribution in [2.24, 2.45) is 5.92 Å². The van der Waals surface area contributed by atoms with Gasteiger partial charge in [-0.2, -0.15) is 0 Å². The van der Waals surface area contributed by atoms with Gasteiger partial charge in [-0.15, -0.1) is 11.3 Å². The maximum atomic E-state index is 5.40. The van der Waals surface area contributed by atoms with Crippen molar-refractivity contribution in [1.29, 1.82) is 0 Å². The Kier molecular flexibility index (Phi) is 3.24. The normalized spacial score (nSPS) is 16.3. The molecule has 0 radical (unpaired) electrons. The lowest BCUT2D eigenvalue weighted by Crippen LogP contribution is -2.12. The van der Waals surface area contributed by atoms with E-state index in [2.05, 4.69) is 28.9 Å². The van der Waals surface area contributed by atoms with Gasteiger partial charge in [0.1, 0.15) is 5.75 Å². The van der Waals surface area contributed by atoms with Gasteiger partial charge in [0.25, 0.3) is 0 Å². The van der Waals surface area contributed by atoms with Crippen LogP contribution < -0.4 is 10.1 Å². The molecule has 1 aromatic carbocycles. The first kappa shape index (κ1) is 11.6. The van der Waals surface area contributed by atoms with Gasteiger partial charge in [-0.3, -0.25) is 0 Å².